The van der Waals surface area contributed by atoms with E-state index in [4.69, 9.17) is 33.0 Å². The summed E-state index contributed by atoms with van der Waals surface area (Å²) in [5.74, 6) is 0.371. The van der Waals surface area contributed by atoms with Crippen LogP contribution >= 0.6 is 23.2 Å². The van der Waals surface area contributed by atoms with Crippen LogP contribution in [0.25, 0.3) is 10.9 Å². The van der Waals surface area contributed by atoms with Gasteiger partial charge in [-0.1, -0.05) is 37.0 Å². The number of hydrogen-bond donors (Lipinski definition) is 4. The van der Waals surface area contributed by atoms with E-state index in [-0.39, 0.29) is 18.3 Å². The maximum atomic E-state index is 13.5. The van der Waals surface area contributed by atoms with Crippen LogP contribution in [0.5, 0.6) is 5.75 Å². The Labute approximate surface area is 190 Å². The molecule has 31 heavy (non-hydrogen) atoms. The van der Waals surface area contributed by atoms with Crippen LogP contribution in [-0.4, -0.2) is 51.5 Å². The fraction of sp³-hybridized carbons (Fsp3) is 0.348. The van der Waals surface area contributed by atoms with E-state index in [2.05, 4.69) is 4.98 Å². The highest BCUT2D eigenvalue weighted by Crippen LogP contribution is 2.35. The maximum absolute atomic E-state index is 13.5. The highest BCUT2D eigenvalue weighted by molar-refractivity contribution is 6.43. The number of ether oxygens (including phenoxy) is 1. The number of benzene rings is 2. The lowest BCUT2D eigenvalue weighted by molar-refractivity contribution is -0.0339. The van der Waals surface area contributed by atoms with Gasteiger partial charge in [0.1, 0.15) is 24.6 Å². The molecule has 4 N–H and O–H groups in total. The molecular weight excluding hydrogens is 441 g/mol. The average molecular weight is 466 g/mol. The Kier molecular flexibility index (Phi) is 7.29. The Hall–Kier alpha value is -2.09. The van der Waals surface area contributed by atoms with Crippen molar-refractivity contribution >= 4 is 39.9 Å². The second kappa shape index (κ2) is 9.59. The molecule has 0 radical (unpaired) electrons. The summed E-state index contributed by atoms with van der Waals surface area (Å²) in [6.45, 7) is 5.05. The lowest BCUT2D eigenvalue weighted by Crippen LogP contribution is -2.34. The highest BCUT2D eigenvalue weighted by atomic mass is 35.5. The summed E-state index contributed by atoms with van der Waals surface area (Å²) in [5, 5.41) is 29.5. The van der Waals surface area contributed by atoms with Crippen molar-refractivity contribution in [3.05, 3.63) is 62.8 Å². The molecule has 0 aliphatic rings. The van der Waals surface area contributed by atoms with Gasteiger partial charge in [0.05, 0.1) is 22.2 Å². The normalized spacial score (nSPS) is 13.6. The third kappa shape index (κ3) is 4.89. The predicted molar refractivity (Wildman–Crippen MR) is 122 cm³/mol. The predicted octanol–water partition coefficient (Wildman–Crippen LogP) is 4.23. The van der Waals surface area contributed by atoms with Gasteiger partial charge in [-0.2, -0.15) is 0 Å². The summed E-state index contributed by atoms with van der Waals surface area (Å²) in [7, 11) is 0. The van der Waals surface area contributed by atoms with E-state index in [0.29, 0.717) is 37.9 Å². The van der Waals surface area contributed by atoms with Gasteiger partial charge in [0.2, 0.25) is 0 Å². The second-order valence-corrected chi connectivity index (χ2v) is 8.63. The molecule has 0 aliphatic heterocycles. The van der Waals surface area contributed by atoms with Crippen molar-refractivity contribution in [3.63, 3.8) is 0 Å². The number of nitrogens with one attached hydrogen (secondary N) is 1. The van der Waals surface area contributed by atoms with Gasteiger partial charge in [-0.25, -0.2) is 0 Å². The third-order valence-electron chi connectivity index (χ3n) is 5.17. The number of carbonyl (C=O) groups is 1. The van der Waals surface area contributed by atoms with Gasteiger partial charge in [-0.05, 0) is 48.7 Å². The molecular formula is C23H25Cl2NO5. The molecule has 0 aliphatic carbocycles. The van der Waals surface area contributed by atoms with E-state index in [1.54, 1.807) is 37.3 Å². The quantitative estimate of drug-likeness (QED) is 0.372. The van der Waals surface area contributed by atoms with Crippen LogP contribution in [0, 0.1) is 6.92 Å². The summed E-state index contributed by atoms with van der Waals surface area (Å²) < 4.78 is 5.49. The minimum atomic E-state index is -1.28. The molecule has 0 saturated carbocycles. The first-order valence-electron chi connectivity index (χ1n) is 9.89. The van der Waals surface area contributed by atoms with Crippen LogP contribution in [0.15, 0.2) is 30.3 Å². The summed E-state index contributed by atoms with van der Waals surface area (Å²) in [6.07, 6.45) is -2.50. The molecule has 0 saturated heterocycles. The first-order valence-corrected chi connectivity index (χ1v) is 10.6. The average Bonchev–Trinajstić information content (AvgIpc) is 3.09. The number of aliphatic hydroxyl groups excluding tert-OH is 3. The number of aromatic nitrogens is 1. The molecule has 1 heterocycles. The van der Waals surface area contributed by atoms with Gasteiger partial charge in [0, 0.05) is 22.2 Å². The molecule has 0 fully saturated rings. The van der Waals surface area contributed by atoms with Crippen LogP contribution in [0.4, 0.5) is 0 Å². The number of aliphatic hydroxyl groups is 3. The maximum Gasteiger partial charge on any atom is 0.195 e. The molecule has 3 aromatic rings. The number of aromatic amines is 1. The van der Waals surface area contributed by atoms with E-state index in [9.17, 15) is 15.0 Å². The van der Waals surface area contributed by atoms with Crippen LogP contribution in [0.2, 0.25) is 10.0 Å². The first kappa shape index (κ1) is 23.6. The minimum absolute atomic E-state index is 0.0752. The highest BCUT2D eigenvalue weighted by Gasteiger charge is 2.24. The summed E-state index contributed by atoms with van der Waals surface area (Å²) >= 11 is 12.4. The van der Waals surface area contributed by atoms with Gasteiger partial charge in [-0.15, -0.1) is 0 Å². The monoisotopic (exact) mass is 465 g/mol. The number of aryl methyl sites for hydroxylation is 1. The van der Waals surface area contributed by atoms with Crippen molar-refractivity contribution in [2.45, 2.75) is 38.9 Å². The van der Waals surface area contributed by atoms with Crippen molar-refractivity contribution in [3.8, 4) is 5.75 Å². The SMILES string of the molecule is Cc1cc(OC[C@@H](O)[C@H](O)CO)ccc1C(=O)c1c(C(C)C)[nH]c2cc(Cl)c(Cl)cc12. The summed E-state index contributed by atoms with van der Waals surface area (Å²) in [5.41, 5.74) is 3.32. The van der Waals surface area contributed by atoms with E-state index in [1.165, 1.54) is 0 Å². The van der Waals surface area contributed by atoms with Crippen molar-refractivity contribution in [2.75, 3.05) is 13.2 Å². The van der Waals surface area contributed by atoms with Gasteiger partial charge in [0.25, 0.3) is 0 Å². The molecule has 0 spiro atoms. The van der Waals surface area contributed by atoms with Crippen molar-refractivity contribution in [1.29, 1.82) is 0 Å². The standard InChI is InChI=1S/C23H25Cl2NO5/c1-11(2)22-21(15-7-16(24)17(25)8-18(15)26-22)23(30)14-5-4-13(6-12(14)3)31-10-20(29)19(28)9-27/h4-8,11,19-20,26-29H,9-10H2,1-3H3/t19-,20-/m1/s1. The zero-order valence-corrected chi connectivity index (χ0v) is 19.0. The zero-order chi connectivity index (χ0) is 22.9. The Morgan fingerprint density at radius 3 is 2.39 bits per heavy atom. The molecule has 8 heteroatoms. The Balaban J connectivity index is 1.95. The summed E-state index contributed by atoms with van der Waals surface area (Å²) in [4.78, 5) is 16.8. The van der Waals surface area contributed by atoms with Crippen molar-refractivity contribution in [2.24, 2.45) is 0 Å². The number of halogens is 2. The molecule has 166 valence electrons. The number of carbonyl (C=O) groups excluding carboxylic acids is 1. The van der Waals surface area contributed by atoms with Crippen LogP contribution < -0.4 is 4.74 Å². The molecule has 2 atom stereocenters. The number of hydrogen-bond acceptors (Lipinski definition) is 5. The Bertz CT molecular complexity index is 1110. The van der Waals surface area contributed by atoms with Crippen molar-refractivity contribution < 1.29 is 24.9 Å². The van der Waals surface area contributed by atoms with Crippen molar-refractivity contribution in [1.82, 2.24) is 4.98 Å². The smallest absolute Gasteiger partial charge is 0.195 e. The molecule has 0 amide bonds. The number of ketones is 1. The lowest BCUT2D eigenvalue weighted by Gasteiger charge is -2.17. The largest absolute Gasteiger partial charge is 0.491 e. The van der Waals surface area contributed by atoms with E-state index in [0.717, 1.165) is 11.2 Å². The number of fused-ring (bicyclic) bond motifs is 1. The Morgan fingerprint density at radius 1 is 1.10 bits per heavy atom. The van der Waals surface area contributed by atoms with Gasteiger partial charge in [-0.3, -0.25) is 4.79 Å². The topological polar surface area (TPSA) is 103 Å². The van der Waals surface area contributed by atoms with Crippen LogP contribution in [-0.2, 0) is 0 Å². The molecule has 0 unspecified atom stereocenters. The van der Waals surface area contributed by atoms with E-state index >= 15 is 0 Å². The van der Waals surface area contributed by atoms with Gasteiger partial charge < -0.3 is 25.0 Å². The molecule has 6 nitrogen and oxygen atoms in total. The first-order chi connectivity index (χ1) is 14.6. The molecule has 0 bridgehead atoms. The molecule has 3 rings (SSSR count). The minimum Gasteiger partial charge on any atom is -0.491 e. The van der Waals surface area contributed by atoms with Gasteiger partial charge >= 0.3 is 0 Å². The molecule has 1 aromatic heterocycles. The number of H-pyrrole nitrogens is 1. The third-order valence-corrected chi connectivity index (χ3v) is 5.89. The van der Waals surface area contributed by atoms with Crippen LogP contribution in [0.3, 0.4) is 0 Å². The van der Waals surface area contributed by atoms with Gasteiger partial charge in [0.15, 0.2) is 5.78 Å². The fourth-order valence-corrected chi connectivity index (χ4v) is 3.74. The Morgan fingerprint density at radius 2 is 1.77 bits per heavy atom. The number of rotatable bonds is 8. The van der Waals surface area contributed by atoms with E-state index in [1.807, 2.05) is 13.8 Å². The molecule has 2 aromatic carbocycles. The zero-order valence-electron chi connectivity index (χ0n) is 17.4. The lowest BCUT2D eigenvalue weighted by atomic mass is 9.93. The summed E-state index contributed by atoms with van der Waals surface area (Å²) in [6, 6.07) is 8.42. The van der Waals surface area contributed by atoms with E-state index < -0.39 is 18.8 Å². The fourth-order valence-electron chi connectivity index (χ4n) is 3.42. The second-order valence-electron chi connectivity index (χ2n) is 7.81. The van der Waals surface area contributed by atoms with Crippen LogP contribution in [0.1, 0.15) is 46.9 Å².